The first-order valence-corrected chi connectivity index (χ1v) is 7.11. The molecule has 0 amide bonds. The third-order valence-corrected chi connectivity index (χ3v) is 3.20. The summed E-state index contributed by atoms with van der Waals surface area (Å²) in [6, 6.07) is 10.3. The van der Waals surface area contributed by atoms with Crippen LogP contribution in [0.1, 0.15) is 32.0 Å². The Labute approximate surface area is 126 Å². The smallest absolute Gasteiger partial charge is 0.0924 e. The highest BCUT2D eigenvalue weighted by atomic mass is 14.9. The van der Waals surface area contributed by atoms with Gasteiger partial charge in [0.05, 0.1) is 18.2 Å². The predicted molar refractivity (Wildman–Crippen MR) is 88.3 cm³/mol. The van der Waals surface area contributed by atoms with Crippen molar-refractivity contribution in [3.63, 3.8) is 0 Å². The van der Waals surface area contributed by atoms with Crippen molar-refractivity contribution >= 4 is 11.9 Å². The molecule has 2 rings (SSSR count). The topological polar surface area (TPSA) is 53.4 Å². The van der Waals surface area contributed by atoms with Crippen molar-refractivity contribution in [2.24, 2.45) is 15.4 Å². The Bertz CT molecular complexity index is 595. The second kappa shape index (κ2) is 6.97. The van der Waals surface area contributed by atoms with Gasteiger partial charge in [0.15, 0.2) is 0 Å². The minimum absolute atomic E-state index is 0.0343. The summed E-state index contributed by atoms with van der Waals surface area (Å²) >= 11 is 0. The van der Waals surface area contributed by atoms with Crippen LogP contribution in [0.3, 0.4) is 0 Å². The molecular formula is C17H22N4. The summed E-state index contributed by atoms with van der Waals surface area (Å²) in [7, 11) is 0. The van der Waals surface area contributed by atoms with Crippen LogP contribution >= 0.6 is 0 Å². The van der Waals surface area contributed by atoms with Gasteiger partial charge in [-0.1, -0.05) is 44.2 Å². The van der Waals surface area contributed by atoms with E-state index >= 15 is 0 Å². The molecule has 4 heteroatoms. The number of benzene rings is 1. The Balaban J connectivity index is 1.91. The molecule has 4 nitrogen and oxygen atoms in total. The first-order chi connectivity index (χ1) is 10.1. The van der Waals surface area contributed by atoms with E-state index in [0.29, 0.717) is 0 Å². The first-order valence-electron chi connectivity index (χ1n) is 7.11. The lowest BCUT2D eigenvalue weighted by atomic mass is 9.94. The average molecular weight is 282 g/mol. The highest BCUT2D eigenvalue weighted by Gasteiger charge is 2.16. The fourth-order valence-corrected chi connectivity index (χ4v) is 1.88. The van der Waals surface area contributed by atoms with Gasteiger partial charge in [-0.05, 0) is 12.5 Å². The molecule has 0 aliphatic rings. The van der Waals surface area contributed by atoms with Crippen LogP contribution in [-0.2, 0) is 0 Å². The van der Waals surface area contributed by atoms with Crippen molar-refractivity contribution in [1.29, 1.82) is 0 Å². The normalized spacial score (nSPS) is 13.0. The zero-order valence-electron chi connectivity index (χ0n) is 12.9. The van der Waals surface area contributed by atoms with E-state index in [1.54, 1.807) is 12.5 Å². The highest BCUT2D eigenvalue weighted by Crippen LogP contribution is 2.16. The van der Waals surface area contributed by atoms with Crippen molar-refractivity contribution in [2.75, 3.05) is 13.1 Å². The fourth-order valence-electron chi connectivity index (χ4n) is 1.88. The number of aliphatic imine (C=N–C) groups is 2. The molecule has 0 unspecified atom stereocenters. The van der Waals surface area contributed by atoms with E-state index in [1.165, 1.54) is 5.56 Å². The molecule has 0 atom stereocenters. The van der Waals surface area contributed by atoms with Crippen molar-refractivity contribution in [3.8, 4) is 0 Å². The minimum atomic E-state index is 0.0343. The molecule has 110 valence electrons. The minimum Gasteiger partial charge on any atom is -0.344 e. The van der Waals surface area contributed by atoms with Gasteiger partial charge in [0.25, 0.3) is 0 Å². The maximum atomic E-state index is 4.70. The summed E-state index contributed by atoms with van der Waals surface area (Å²) in [5.41, 5.74) is 3.21. The molecule has 1 aromatic heterocycles. The van der Waals surface area contributed by atoms with Gasteiger partial charge < -0.3 is 4.98 Å². The van der Waals surface area contributed by atoms with E-state index in [9.17, 15) is 0 Å². The molecule has 1 heterocycles. The van der Waals surface area contributed by atoms with Gasteiger partial charge in [-0.15, -0.1) is 0 Å². The van der Waals surface area contributed by atoms with E-state index in [2.05, 4.69) is 47.9 Å². The standard InChI is InChI=1S/C17H22N4/c1-14(15-7-5-4-6-8-15)20-12-17(2,3)11-18-9-16-10-19-13-21-16/h4-10,13H,11-12H2,1-3H3,(H,19,21). The molecular weight excluding hydrogens is 260 g/mol. The highest BCUT2D eigenvalue weighted by molar-refractivity contribution is 5.98. The number of aromatic nitrogens is 2. The van der Waals surface area contributed by atoms with Crippen LogP contribution in [-0.4, -0.2) is 35.0 Å². The Kier molecular flexibility index (Phi) is 5.04. The van der Waals surface area contributed by atoms with E-state index in [1.807, 2.05) is 24.4 Å². The molecule has 0 radical (unpaired) electrons. The number of hydrogen-bond acceptors (Lipinski definition) is 3. The lowest BCUT2D eigenvalue weighted by molar-refractivity contribution is 0.396. The second-order valence-electron chi connectivity index (χ2n) is 5.91. The molecule has 0 fully saturated rings. The molecule has 0 aliphatic carbocycles. The second-order valence-corrected chi connectivity index (χ2v) is 5.91. The number of nitrogens with zero attached hydrogens (tertiary/aromatic N) is 3. The first kappa shape index (κ1) is 15.2. The van der Waals surface area contributed by atoms with Crippen molar-refractivity contribution in [3.05, 3.63) is 54.1 Å². The quantitative estimate of drug-likeness (QED) is 0.811. The van der Waals surface area contributed by atoms with Crippen molar-refractivity contribution in [2.45, 2.75) is 20.8 Å². The average Bonchev–Trinajstić information content (AvgIpc) is 2.99. The zero-order valence-corrected chi connectivity index (χ0v) is 12.9. The predicted octanol–water partition coefficient (Wildman–Crippen LogP) is 3.36. The fraction of sp³-hybridized carbons (Fsp3) is 0.353. The maximum Gasteiger partial charge on any atom is 0.0924 e. The Morgan fingerprint density at radius 3 is 2.67 bits per heavy atom. The molecule has 0 aliphatic heterocycles. The monoisotopic (exact) mass is 282 g/mol. The molecule has 21 heavy (non-hydrogen) atoms. The largest absolute Gasteiger partial charge is 0.344 e. The Morgan fingerprint density at radius 1 is 1.24 bits per heavy atom. The number of rotatable bonds is 6. The van der Waals surface area contributed by atoms with Gasteiger partial charge in [0, 0.05) is 30.4 Å². The Morgan fingerprint density at radius 2 is 2.00 bits per heavy atom. The number of H-pyrrole nitrogens is 1. The van der Waals surface area contributed by atoms with Gasteiger partial charge in [-0.2, -0.15) is 0 Å². The third kappa shape index (κ3) is 4.99. The summed E-state index contributed by atoms with van der Waals surface area (Å²) in [5.74, 6) is 0. The zero-order chi connectivity index (χ0) is 15.1. The van der Waals surface area contributed by atoms with Crippen LogP contribution in [0, 0.1) is 5.41 Å². The molecule has 0 bridgehead atoms. The lowest BCUT2D eigenvalue weighted by Gasteiger charge is -2.20. The summed E-state index contributed by atoms with van der Waals surface area (Å²) in [6.45, 7) is 7.91. The number of nitrogens with one attached hydrogen (secondary N) is 1. The summed E-state index contributed by atoms with van der Waals surface area (Å²) in [5, 5.41) is 0. The van der Waals surface area contributed by atoms with E-state index in [4.69, 9.17) is 4.99 Å². The van der Waals surface area contributed by atoms with Crippen molar-refractivity contribution < 1.29 is 0 Å². The number of aromatic amines is 1. The molecule has 2 aromatic rings. The van der Waals surface area contributed by atoms with Crippen molar-refractivity contribution in [1.82, 2.24) is 9.97 Å². The molecule has 0 spiro atoms. The third-order valence-electron chi connectivity index (χ3n) is 3.20. The molecule has 0 saturated carbocycles. The van der Waals surface area contributed by atoms with Gasteiger partial charge in [-0.25, -0.2) is 4.98 Å². The molecule has 0 saturated heterocycles. The van der Waals surface area contributed by atoms with Crippen LogP contribution in [0.4, 0.5) is 0 Å². The van der Waals surface area contributed by atoms with E-state index in [-0.39, 0.29) is 5.41 Å². The SMILES string of the molecule is CC(=NCC(C)(C)CN=Cc1cnc[nH]1)c1ccccc1. The molecule has 1 N–H and O–H groups in total. The van der Waals surface area contributed by atoms with Gasteiger partial charge in [-0.3, -0.25) is 9.98 Å². The number of imidazole rings is 1. The van der Waals surface area contributed by atoms with Gasteiger partial charge in [0.1, 0.15) is 0 Å². The van der Waals surface area contributed by atoms with E-state index in [0.717, 1.165) is 24.5 Å². The Hall–Kier alpha value is -2.23. The van der Waals surface area contributed by atoms with Crippen LogP contribution in [0.25, 0.3) is 0 Å². The summed E-state index contributed by atoms with van der Waals surface area (Å²) in [4.78, 5) is 16.1. The summed E-state index contributed by atoms with van der Waals surface area (Å²) < 4.78 is 0. The van der Waals surface area contributed by atoms with Crippen LogP contribution in [0.5, 0.6) is 0 Å². The lowest BCUT2D eigenvalue weighted by Crippen LogP contribution is -2.20. The number of hydrogen-bond donors (Lipinski definition) is 1. The maximum absolute atomic E-state index is 4.70. The van der Waals surface area contributed by atoms with Crippen LogP contribution in [0.15, 0.2) is 52.8 Å². The van der Waals surface area contributed by atoms with Crippen LogP contribution < -0.4 is 0 Å². The summed E-state index contributed by atoms with van der Waals surface area (Å²) in [6.07, 6.45) is 5.23. The van der Waals surface area contributed by atoms with Crippen LogP contribution in [0.2, 0.25) is 0 Å². The van der Waals surface area contributed by atoms with Gasteiger partial charge >= 0.3 is 0 Å². The van der Waals surface area contributed by atoms with Gasteiger partial charge in [0.2, 0.25) is 0 Å². The van der Waals surface area contributed by atoms with E-state index < -0.39 is 0 Å². The molecule has 1 aromatic carbocycles.